The number of hydrogen-bond donors (Lipinski definition) is 0. The van der Waals surface area contributed by atoms with Gasteiger partial charge in [-0.25, -0.2) is 4.98 Å². The maximum absolute atomic E-state index is 13.2. The second-order valence-electron chi connectivity index (χ2n) is 7.12. The van der Waals surface area contributed by atoms with Crippen LogP contribution >= 0.6 is 0 Å². The Labute approximate surface area is 153 Å². The molecule has 0 atom stereocenters. The van der Waals surface area contributed by atoms with Crippen molar-refractivity contribution in [2.45, 2.75) is 25.9 Å². The lowest BCUT2D eigenvalue weighted by atomic mass is 10.0. The number of hydrogen-bond acceptors (Lipinski definition) is 3. The van der Waals surface area contributed by atoms with Crippen LogP contribution in [0.1, 0.15) is 17.8 Å². The van der Waals surface area contributed by atoms with Gasteiger partial charge in [0.1, 0.15) is 12.4 Å². The molecule has 0 bridgehead atoms. The number of fused-ring (bicyclic) bond motifs is 2. The van der Waals surface area contributed by atoms with Gasteiger partial charge < -0.3 is 14.4 Å². The van der Waals surface area contributed by atoms with Gasteiger partial charge in [0.15, 0.2) is 0 Å². The molecule has 4 rings (SSSR count). The lowest BCUT2D eigenvalue weighted by molar-refractivity contribution is -0.119. The van der Waals surface area contributed by atoms with Crippen LogP contribution in [-0.4, -0.2) is 41.0 Å². The minimum atomic E-state index is 0.125. The molecule has 0 saturated carbocycles. The van der Waals surface area contributed by atoms with Gasteiger partial charge in [-0.1, -0.05) is 30.3 Å². The number of imidazole rings is 1. The summed E-state index contributed by atoms with van der Waals surface area (Å²) >= 11 is 0. The first kappa shape index (κ1) is 16.8. The molecule has 2 heterocycles. The predicted octanol–water partition coefficient (Wildman–Crippen LogP) is 3.08. The summed E-state index contributed by atoms with van der Waals surface area (Å²) in [6.07, 6.45) is 2.05. The van der Waals surface area contributed by atoms with Crippen LogP contribution in [-0.2, 0) is 24.3 Å². The molecule has 2 aromatic carbocycles. The molecule has 26 heavy (non-hydrogen) atoms. The predicted molar refractivity (Wildman–Crippen MR) is 104 cm³/mol. The Morgan fingerprint density at radius 3 is 2.73 bits per heavy atom. The summed E-state index contributed by atoms with van der Waals surface area (Å²) in [5, 5.41) is 0. The van der Waals surface area contributed by atoms with Crippen LogP contribution < -0.4 is 4.90 Å². The summed E-state index contributed by atoms with van der Waals surface area (Å²) in [6.45, 7) is 1.81. The van der Waals surface area contributed by atoms with Crippen LogP contribution in [0.4, 0.5) is 5.69 Å². The number of nitrogens with zero attached hydrogens (tertiary/aromatic N) is 4. The van der Waals surface area contributed by atoms with Crippen LogP contribution in [0.5, 0.6) is 0 Å². The molecule has 134 valence electrons. The van der Waals surface area contributed by atoms with Crippen LogP contribution in [0.25, 0.3) is 11.0 Å². The zero-order valence-corrected chi connectivity index (χ0v) is 15.4. The number of rotatable bonds is 4. The highest BCUT2D eigenvalue weighted by molar-refractivity contribution is 5.95. The number of benzene rings is 2. The molecule has 0 aliphatic carbocycles. The Bertz CT molecular complexity index is 944. The van der Waals surface area contributed by atoms with Gasteiger partial charge in [0.05, 0.1) is 17.6 Å². The van der Waals surface area contributed by atoms with E-state index in [4.69, 9.17) is 4.98 Å². The molecular weight excluding hydrogens is 324 g/mol. The van der Waals surface area contributed by atoms with Gasteiger partial charge in [0.25, 0.3) is 0 Å². The van der Waals surface area contributed by atoms with E-state index in [9.17, 15) is 4.79 Å². The number of aryl methyl sites for hydroxylation is 1. The largest absolute Gasteiger partial charge is 0.317 e. The van der Waals surface area contributed by atoms with Crippen molar-refractivity contribution < 1.29 is 4.79 Å². The Hall–Kier alpha value is -2.66. The fourth-order valence-corrected chi connectivity index (χ4v) is 3.72. The van der Waals surface area contributed by atoms with Crippen molar-refractivity contribution in [3.8, 4) is 0 Å². The van der Waals surface area contributed by atoms with E-state index in [0.29, 0.717) is 13.1 Å². The molecule has 5 heteroatoms. The molecule has 0 N–H and O–H groups in total. The smallest absolute Gasteiger partial charge is 0.246 e. The first-order valence-electron chi connectivity index (χ1n) is 9.10. The van der Waals surface area contributed by atoms with E-state index in [-0.39, 0.29) is 5.91 Å². The maximum atomic E-state index is 13.2. The van der Waals surface area contributed by atoms with Gasteiger partial charge in [-0.05, 0) is 50.7 Å². The third kappa shape index (κ3) is 3.10. The molecular formula is C21H24N4O. The van der Waals surface area contributed by atoms with Crippen molar-refractivity contribution in [1.29, 1.82) is 0 Å². The van der Waals surface area contributed by atoms with E-state index < -0.39 is 0 Å². The fraction of sp³-hybridized carbons (Fsp3) is 0.333. The number of carbonyl (C=O) groups is 1. The minimum absolute atomic E-state index is 0.125. The standard InChI is InChI=1S/C21H24N4O/c1-23(2)14-20-22-17-10-4-6-12-19(17)25(20)15-21(26)24-13-7-9-16-8-3-5-11-18(16)24/h3-6,8,10-12H,7,9,13-15H2,1-2H3. The van der Waals surface area contributed by atoms with Gasteiger partial charge in [0.2, 0.25) is 5.91 Å². The number of aromatic nitrogens is 2. The van der Waals surface area contributed by atoms with Crippen molar-refractivity contribution in [3.05, 3.63) is 59.9 Å². The van der Waals surface area contributed by atoms with E-state index in [1.807, 2.05) is 55.4 Å². The maximum Gasteiger partial charge on any atom is 0.246 e. The highest BCUT2D eigenvalue weighted by atomic mass is 16.2. The van der Waals surface area contributed by atoms with Gasteiger partial charge in [-0.2, -0.15) is 0 Å². The molecule has 0 spiro atoms. The van der Waals surface area contributed by atoms with Crippen molar-refractivity contribution >= 4 is 22.6 Å². The SMILES string of the molecule is CN(C)Cc1nc2ccccc2n1CC(=O)N1CCCc2ccccc21. The summed E-state index contributed by atoms with van der Waals surface area (Å²) in [5.41, 5.74) is 4.28. The van der Waals surface area contributed by atoms with Gasteiger partial charge in [0, 0.05) is 12.2 Å². The second-order valence-corrected chi connectivity index (χ2v) is 7.12. The summed E-state index contributed by atoms with van der Waals surface area (Å²) in [5.74, 6) is 1.05. The monoisotopic (exact) mass is 348 g/mol. The van der Waals surface area contributed by atoms with Crippen molar-refractivity contribution in [2.24, 2.45) is 0 Å². The minimum Gasteiger partial charge on any atom is -0.317 e. The fourth-order valence-electron chi connectivity index (χ4n) is 3.72. The van der Waals surface area contributed by atoms with Gasteiger partial charge in [-0.3, -0.25) is 4.79 Å². The van der Waals surface area contributed by atoms with Crippen molar-refractivity contribution in [2.75, 3.05) is 25.5 Å². The Balaban J connectivity index is 1.68. The molecule has 1 aromatic heterocycles. The quantitative estimate of drug-likeness (QED) is 0.728. The Kier molecular flexibility index (Phi) is 4.47. The highest BCUT2D eigenvalue weighted by Crippen LogP contribution is 2.27. The topological polar surface area (TPSA) is 41.4 Å². The second kappa shape index (κ2) is 6.92. The Morgan fingerprint density at radius 1 is 1.12 bits per heavy atom. The van der Waals surface area contributed by atoms with Gasteiger partial charge in [-0.15, -0.1) is 0 Å². The molecule has 0 unspecified atom stereocenters. The van der Waals surface area contributed by atoms with Crippen LogP contribution in [0, 0.1) is 0 Å². The number of amides is 1. The van der Waals surface area contributed by atoms with E-state index in [1.165, 1.54) is 5.56 Å². The molecule has 0 fully saturated rings. The van der Waals surface area contributed by atoms with E-state index in [2.05, 4.69) is 21.6 Å². The number of anilines is 1. The third-order valence-electron chi connectivity index (χ3n) is 4.90. The molecule has 0 saturated heterocycles. The first-order valence-corrected chi connectivity index (χ1v) is 9.10. The average Bonchev–Trinajstić information content (AvgIpc) is 2.97. The van der Waals surface area contributed by atoms with Crippen molar-refractivity contribution in [3.63, 3.8) is 0 Å². The highest BCUT2D eigenvalue weighted by Gasteiger charge is 2.23. The average molecular weight is 348 g/mol. The summed E-state index contributed by atoms with van der Waals surface area (Å²) in [4.78, 5) is 21.9. The zero-order chi connectivity index (χ0) is 18.1. The third-order valence-corrected chi connectivity index (χ3v) is 4.90. The molecule has 5 nitrogen and oxygen atoms in total. The summed E-state index contributed by atoms with van der Waals surface area (Å²) in [6, 6.07) is 16.3. The first-order chi connectivity index (χ1) is 12.6. The Morgan fingerprint density at radius 2 is 1.88 bits per heavy atom. The molecule has 0 radical (unpaired) electrons. The van der Waals surface area contributed by atoms with E-state index in [0.717, 1.165) is 41.9 Å². The van der Waals surface area contributed by atoms with Crippen LogP contribution in [0.3, 0.4) is 0 Å². The molecule has 1 aliphatic heterocycles. The van der Waals surface area contributed by atoms with E-state index >= 15 is 0 Å². The zero-order valence-electron chi connectivity index (χ0n) is 15.4. The molecule has 1 aliphatic rings. The molecule has 1 amide bonds. The lowest BCUT2D eigenvalue weighted by Crippen LogP contribution is -2.38. The van der Waals surface area contributed by atoms with Crippen molar-refractivity contribution in [1.82, 2.24) is 14.5 Å². The van der Waals surface area contributed by atoms with Gasteiger partial charge >= 0.3 is 0 Å². The summed E-state index contributed by atoms with van der Waals surface area (Å²) in [7, 11) is 4.04. The van der Waals surface area contributed by atoms with Crippen LogP contribution in [0.2, 0.25) is 0 Å². The normalized spacial score (nSPS) is 14.0. The number of para-hydroxylation sites is 3. The molecule has 3 aromatic rings. The van der Waals surface area contributed by atoms with E-state index in [1.54, 1.807) is 0 Å². The number of carbonyl (C=O) groups excluding carboxylic acids is 1. The van der Waals surface area contributed by atoms with Crippen LogP contribution in [0.15, 0.2) is 48.5 Å². The summed E-state index contributed by atoms with van der Waals surface area (Å²) < 4.78 is 2.06. The lowest BCUT2D eigenvalue weighted by Gasteiger charge is -2.30.